The van der Waals surface area contributed by atoms with Gasteiger partial charge in [-0.25, -0.2) is 18.1 Å². The molecule has 2 heterocycles. The van der Waals surface area contributed by atoms with Crippen LogP contribution in [-0.2, 0) is 16.6 Å². The zero-order valence-electron chi connectivity index (χ0n) is 19.7. The summed E-state index contributed by atoms with van der Waals surface area (Å²) in [5.74, 6) is 0.879. The fraction of sp³-hybridized carbons (Fsp3) is 0.360. The fourth-order valence-corrected chi connectivity index (χ4v) is 5.66. The van der Waals surface area contributed by atoms with Gasteiger partial charge in [-0.15, -0.1) is 0 Å². The molecule has 0 radical (unpaired) electrons. The molecule has 2 aromatic heterocycles. The topological polar surface area (TPSA) is 117 Å². The van der Waals surface area contributed by atoms with Crippen LogP contribution in [0.2, 0.25) is 0 Å². The second kappa shape index (κ2) is 9.61. The Kier molecular flexibility index (Phi) is 6.38. The molecule has 10 heteroatoms. The third kappa shape index (κ3) is 4.84. The van der Waals surface area contributed by atoms with Crippen molar-refractivity contribution in [2.24, 2.45) is 0 Å². The first-order chi connectivity index (χ1) is 16.9. The number of nitrogens with two attached hydrogens (primary N) is 1. The van der Waals surface area contributed by atoms with E-state index in [0.717, 1.165) is 46.4 Å². The smallest absolute Gasteiger partial charge is 0.232 e. The van der Waals surface area contributed by atoms with Crippen molar-refractivity contribution in [3.05, 3.63) is 55.1 Å². The van der Waals surface area contributed by atoms with Crippen LogP contribution in [-0.4, -0.2) is 40.1 Å². The van der Waals surface area contributed by atoms with Crippen molar-refractivity contribution in [2.75, 3.05) is 22.8 Å². The van der Waals surface area contributed by atoms with Crippen molar-refractivity contribution in [1.29, 1.82) is 0 Å². The number of anilines is 2. The van der Waals surface area contributed by atoms with Crippen molar-refractivity contribution in [2.45, 2.75) is 45.2 Å². The number of benzene rings is 2. The average molecular weight is 495 g/mol. The molecule has 1 aliphatic carbocycles. The molecule has 1 aliphatic rings. The number of nitrogens with one attached hydrogen (secondary N) is 1. The molecule has 0 amide bonds. The van der Waals surface area contributed by atoms with Crippen LogP contribution in [0.4, 0.5) is 11.4 Å². The average Bonchev–Trinajstić information content (AvgIpc) is 3.40. The van der Waals surface area contributed by atoms with Crippen LogP contribution >= 0.6 is 0 Å². The Morgan fingerprint density at radius 1 is 1.17 bits per heavy atom. The lowest BCUT2D eigenvalue weighted by molar-refractivity contribution is 0.291. The van der Waals surface area contributed by atoms with Gasteiger partial charge in [0.1, 0.15) is 25.0 Å². The molecular formula is C25H30N6O3S. The van der Waals surface area contributed by atoms with Gasteiger partial charge < -0.3 is 15.0 Å². The quantitative estimate of drug-likeness (QED) is 0.337. The van der Waals surface area contributed by atoms with E-state index in [9.17, 15) is 8.42 Å². The first-order valence-corrected chi connectivity index (χ1v) is 13.6. The van der Waals surface area contributed by atoms with Gasteiger partial charge in [0.15, 0.2) is 0 Å². The highest BCUT2D eigenvalue weighted by atomic mass is 32.2. The van der Waals surface area contributed by atoms with Gasteiger partial charge in [0.25, 0.3) is 0 Å². The molecule has 0 spiro atoms. The predicted octanol–water partition coefficient (Wildman–Crippen LogP) is 4.44. The third-order valence-corrected chi connectivity index (χ3v) is 7.91. The van der Waals surface area contributed by atoms with E-state index in [1.54, 1.807) is 23.1 Å². The molecule has 4 aromatic rings. The van der Waals surface area contributed by atoms with E-state index in [2.05, 4.69) is 25.4 Å². The molecule has 0 saturated heterocycles. The number of fused-ring (bicyclic) bond motifs is 1. The van der Waals surface area contributed by atoms with E-state index in [4.69, 9.17) is 10.5 Å². The zero-order valence-corrected chi connectivity index (χ0v) is 20.5. The summed E-state index contributed by atoms with van der Waals surface area (Å²) in [5.41, 5.74) is 10.9. The summed E-state index contributed by atoms with van der Waals surface area (Å²) in [7, 11) is -3.34. The van der Waals surface area contributed by atoms with Gasteiger partial charge in [-0.2, -0.15) is 5.10 Å². The molecule has 0 bridgehead atoms. The van der Waals surface area contributed by atoms with E-state index in [1.165, 1.54) is 12.7 Å². The SMILES string of the molecule is CCCS(=O)(=O)Nc1ccc(-c2c(N)c3ccc(OCCn4cncn4)cc3n2C2CCC2)cc1. The summed E-state index contributed by atoms with van der Waals surface area (Å²) in [6.07, 6.45) is 7.13. The van der Waals surface area contributed by atoms with Gasteiger partial charge >= 0.3 is 0 Å². The van der Waals surface area contributed by atoms with E-state index < -0.39 is 10.0 Å². The number of ether oxygens (including phenoxy) is 1. The Balaban J connectivity index is 1.46. The highest BCUT2D eigenvalue weighted by Crippen LogP contribution is 2.44. The van der Waals surface area contributed by atoms with Crippen LogP contribution in [0, 0.1) is 0 Å². The van der Waals surface area contributed by atoms with Gasteiger partial charge in [0.2, 0.25) is 10.0 Å². The van der Waals surface area contributed by atoms with E-state index in [-0.39, 0.29) is 5.75 Å². The lowest BCUT2D eigenvalue weighted by atomic mass is 9.92. The minimum atomic E-state index is -3.34. The molecule has 1 fully saturated rings. The minimum Gasteiger partial charge on any atom is -0.492 e. The summed E-state index contributed by atoms with van der Waals surface area (Å²) in [4.78, 5) is 3.95. The highest BCUT2D eigenvalue weighted by Gasteiger charge is 2.27. The third-order valence-electron chi connectivity index (χ3n) is 6.42. The van der Waals surface area contributed by atoms with Crippen LogP contribution in [0.15, 0.2) is 55.1 Å². The first-order valence-electron chi connectivity index (χ1n) is 11.9. The van der Waals surface area contributed by atoms with E-state index >= 15 is 0 Å². The maximum atomic E-state index is 12.1. The van der Waals surface area contributed by atoms with Crippen LogP contribution in [0.25, 0.3) is 22.2 Å². The van der Waals surface area contributed by atoms with E-state index in [1.807, 2.05) is 31.2 Å². The Hall–Kier alpha value is -3.53. The molecule has 0 aliphatic heterocycles. The van der Waals surface area contributed by atoms with Crippen LogP contribution < -0.4 is 15.2 Å². The molecule has 5 rings (SSSR count). The Bertz CT molecular complexity index is 1410. The second-order valence-corrected chi connectivity index (χ2v) is 10.7. The Morgan fingerprint density at radius 2 is 1.97 bits per heavy atom. The maximum Gasteiger partial charge on any atom is 0.232 e. The molecule has 0 atom stereocenters. The minimum absolute atomic E-state index is 0.0981. The Labute approximate surface area is 205 Å². The molecule has 1 saturated carbocycles. The van der Waals surface area contributed by atoms with Gasteiger partial charge in [-0.05, 0) is 49.9 Å². The normalized spacial score (nSPS) is 14.2. The summed E-state index contributed by atoms with van der Waals surface area (Å²) < 4.78 is 37.0. The number of nitrogens with zero attached hydrogens (tertiary/aromatic N) is 4. The van der Waals surface area contributed by atoms with Gasteiger partial charge in [-0.3, -0.25) is 4.72 Å². The lowest BCUT2D eigenvalue weighted by Crippen LogP contribution is -2.18. The molecule has 184 valence electrons. The van der Waals surface area contributed by atoms with Crippen LogP contribution in [0.1, 0.15) is 38.6 Å². The summed E-state index contributed by atoms with van der Waals surface area (Å²) in [6, 6.07) is 13.8. The van der Waals surface area contributed by atoms with Crippen LogP contribution in [0.5, 0.6) is 5.75 Å². The van der Waals surface area contributed by atoms with Gasteiger partial charge in [0, 0.05) is 28.7 Å². The molecule has 9 nitrogen and oxygen atoms in total. The van der Waals surface area contributed by atoms with Crippen molar-refractivity contribution >= 4 is 32.3 Å². The predicted molar refractivity (Wildman–Crippen MR) is 138 cm³/mol. The van der Waals surface area contributed by atoms with Crippen molar-refractivity contribution in [1.82, 2.24) is 19.3 Å². The number of sulfonamides is 1. The largest absolute Gasteiger partial charge is 0.492 e. The molecule has 35 heavy (non-hydrogen) atoms. The highest BCUT2D eigenvalue weighted by molar-refractivity contribution is 7.92. The molecule has 3 N–H and O–H groups in total. The number of hydrogen-bond donors (Lipinski definition) is 2. The van der Waals surface area contributed by atoms with Gasteiger partial charge in [-0.1, -0.05) is 19.1 Å². The Morgan fingerprint density at radius 3 is 2.63 bits per heavy atom. The standard InChI is InChI=1S/C25H30N6O3S/c1-2-14-35(32,33)29-19-8-6-18(7-9-19)25-24(26)22-11-10-21(34-13-12-30-17-27-16-28-30)15-23(22)31(25)20-4-3-5-20/h6-11,15-17,20,29H,2-5,12-14,26H2,1H3. The molecular weight excluding hydrogens is 464 g/mol. The number of hydrogen-bond acceptors (Lipinski definition) is 6. The first kappa shape index (κ1) is 23.2. The van der Waals surface area contributed by atoms with Crippen molar-refractivity contribution < 1.29 is 13.2 Å². The monoisotopic (exact) mass is 494 g/mol. The van der Waals surface area contributed by atoms with Crippen molar-refractivity contribution in [3.63, 3.8) is 0 Å². The number of aromatic nitrogens is 4. The molecule has 2 aromatic carbocycles. The fourth-order valence-electron chi connectivity index (χ4n) is 4.53. The second-order valence-electron chi connectivity index (χ2n) is 8.90. The van der Waals surface area contributed by atoms with Crippen molar-refractivity contribution in [3.8, 4) is 17.0 Å². The summed E-state index contributed by atoms with van der Waals surface area (Å²) >= 11 is 0. The summed E-state index contributed by atoms with van der Waals surface area (Å²) in [6.45, 7) is 2.94. The number of nitrogen functional groups attached to an aromatic ring is 1. The lowest BCUT2D eigenvalue weighted by Gasteiger charge is -2.30. The zero-order chi connectivity index (χ0) is 24.4. The summed E-state index contributed by atoms with van der Waals surface area (Å²) in [5, 5.41) is 5.09. The van der Waals surface area contributed by atoms with Gasteiger partial charge in [0.05, 0.1) is 29.2 Å². The molecule has 0 unspecified atom stereocenters. The van der Waals surface area contributed by atoms with Crippen LogP contribution in [0.3, 0.4) is 0 Å². The maximum absolute atomic E-state index is 12.1. The number of rotatable bonds is 10. The van der Waals surface area contributed by atoms with E-state index in [0.29, 0.717) is 31.3 Å².